The summed E-state index contributed by atoms with van der Waals surface area (Å²) >= 11 is 0. The van der Waals surface area contributed by atoms with Gasteiger partial charge in [0.1, 0.15) is 17.5 Å². The van der Waals surface area contributed by atoms with Gasteiger partial charge in [0.05, 0.1) is 24.1 Å². The molecule has 3 rings (SSSR count). The van der Waals surface area contributed by atoms with E-state index in [4.69, 9.17) is 9.47 Å². The Kier molecular flexibility index (Phi) is 18.9. The minimum absolute atomic E-state index is 0.167. The largest absolute Gasteiger partial charge is 0.544 e. The lowest BCUT2D eigenvalue weighted by molar-refractivity contribution is -0.410. The fraction of sp³-hybridized carbons (Fsp3) is 0.513. The normalized spacial score (nSPS) is 12.3. The van der Waals surface area contributed by atoms with Crippen molar-refractivity contribution in [2.75, 3.05) is 13.2 Å². The standard InChI is InChI=1S/C34H47O2S.C5HF9O2/c1-3-5-7-9-11-16-28-35-30-20-24-33(25-21-30)37(32-18-14-13-15-19-32)34-26-22-31(23-27-34)36-29-17-12-10-8-6-4-2;6-2(7,1(15)16)3(8,9)4(10,11)5(12,13)14/h13-15,18-27H,3-12,16-17,28-29H2,1-2H3;(H,15,16)/q+1;/p-1. The van der Waals surface area contributed by atoms with E-state index < -0.39 is 29.9 Å². The van der Waals surface area contributed by atoms with Gasteiger partial charge in [-0.1, -0.05) is 96.3 Å². The molecule has 0 saturated heterocycles. The molecule has 0 aliphatic carbocycles. The molecular weight excluding hydrogens is 735 g/mol. The molecule has 0 spiro atoms. The Morgan fingerprint density at radius 1 is 0.528 bits per heavy atom. The van der Waals surface area contributed by atoms with Crippen molar-refractivity contribution in [3.8, 4) is 11.5 Å². The molecule has 0 aliphatic rings. The van der Waals surface area contributed by atoms with E-state index in [-0.39, 0.29) is 10.9 Å². The lowest BCUT2D eigenvalue weighted by Gasteiger charge is -2.33. The third-order valence-electron chi connectivity index (χ3n) is 8.03. The van der Waals surface area contributed by atoms with Gasteiger partial charge in [0.15, 0.2) is 14.7 Å². The fourth-order valence-electron chi connectivity index (χ4n) is 4.96. The third-order valence-corrected chi connectivity index (χ3v) is 10.3. The summed E-state index contributed by atoms with van der Waals surface area (Å²) in [5.41, 5.74) is 0. The van der Waals surface area contributed by atoms with Crippen molar-refractivity contribution in [1.82, 2.24) is 0 Å². The van der Waals surface area contributed by atoms with Gasteiger partial charge in [-0.3, -0.25) is 0 Å². The molecule has 0 N–H and O–H groups in total. The number of carbonyl (C=O) groups excluding carboxylic acids is 1. The van der Waals surface area contributed by atoms with E-state index in [0.29, 0.717) is 0 Å². The maximum Gasteiger partial charge on any atom is 0.460 e. The molecule has 53 heavy (non-hydrogen) atoms. The zero-order valence-corrected chi connectivity index (χ0v) is 30.7. The lowest BCUT2D eigenvalue weighted by atomic mass is 10.0. The lowest BCUT2D eigenvalue weighted by Crippen LogP contribution is -2.65. The van der Waals surface area contributed by atoms with Crippen LogP contribution in [-0.4, -0.2) is 43.1 Å². The summed E-state index contributed by atoms with van der Waals surface area (Å²) in [5, 5.41) is 9.40. The number of carboxylic acid groups (broad SMARTS) is 1. The minimum Gasteiger partial charge on any atom is -0.544 e. The Bertz CT molecular complexity index is 1390. The van der Waals surface area contributed by atoms with Gasteiger partial charge >= 0.3 is 23.9 Å². The molecule has 0 saturated carbocycles. The second-order valence-electron chi connectivity index (χ2n) is 12.3. The van der Waals surface area contributed by atoms with Crippen LogP contribution in [-0.2, 0) is 15.7 Å². The van der Waals surface area contributed by atoms with Crippen molar-refractivity contribution in [2.45, 2.75) is 130 Å². The molecule has 14 heteroatoms. The Morgan fingerprint density at radius 2 is 0.887 bits per heavy atom. The van der Waals surface area contributed by atoms with Crippen LogP contribution in [0.15, 0.2) is 93.5 Å². The molecular formula is C39H47F9O4S. The zero-order valence-electron chi connectivity index (χ0n) is 29.8. The molecule has 0 amide bonds. The molecule has 0 aromatic heterocycles. The molecule has 0 fully saturated rings. The van der Waals surface area contributed by atoms with E-state index in [1.165, 1.54) is 78.9 Å². The molecule has 3 aromatic carbocycles. The van der Waals surface area contributed by atoms with E-state index in [2.05, 4.69) is 92.7 Å². The van der Waals surface area contributed by atoms with Crippen molar-refractivity contribution in [2.24, 2.45) is 0 Å². The number of benzene rings is 3. The first-order chi connectivity index (χ1) is 25.0. The Hall–Kier alpha value is -3.55. The summed E-state index contributed by atoms with van der Waals surface area (Å²) in [6, 6.07) is 28.3. The van der Waals surface area contributed by atoms with Crippen molar-refractivity contribution in [3.05, 3.63) is 78.9 Å². The van der Waals surface area contributed by atoms with Crippen LogP contribution < -0.4 is 14.6 Å². The van der Waals surface area contributed by atoms with Gasteiger partial charge < -0.3 is 19.4 Å². The maximum absolute atomic E-state index is 12.1. The monoisotopic (exact) mass is 782 g/mol. The second kappa shape index (κ2) is 22.0. The summed E-state index contributed by atoms with van der Waals surface area (Å²) in [4.78, 5) is 13.3. The number of halogens is 9. The van der Waals surface area contributed by atoms with Crippen LogP contribution in [0, 0.1) is 0 Å². The highest BCUT2D eigenvalue weighted by molar-refractivity contribution is 7.97. The summed E-state index contributed by atoms with van der Waals surface area (Å²) in [6.45, 7) is 6.13. The van der Waals surface area contributed by atoms with Crippen LogP contribution >= 0.6 is 0 Å². The second-order valence-corrected chi connectivity index (χ2v) is 14.3. The van der Waals surface area contributed by atoms with Gasteiger partial charge in [-0.05, 0) is 73.5 Å². The van der Waals surface area contributed by atoms with Gasteiger partial charge in [-0.15, -0.1) is 0 Å². The first-order valence-electron chi connectivity index (χ1n) is 17.7. The topological polar surface area (TPSA) is 58.6 Å². The van der Waals surface area contributed by atoms with E-state index in [1.807, 2.05) is 0 Å². The van der Waals surface area contributed by atoms with Gasteiger partial charge in [-0.2, -0.15) is 39.5 Å². The number of rotatable bonds is 22. The Labute approximate surface area is 308 Å². The summed E-state index contributed by atoms with van der Waals surface area (Å²) in [5.74, 6) is -23.1. The van der Waals surface area contributed by atoms with Crippen molar-refractivity contribution in [3.63, 3.8) is 0 Å². The smallest absolute Gasteiger partial charge is 0.460 e. The number of aliphatic carboxylic acids is 1. The third kappa shape index (κ3) is 13.7. The van der Waals surface area contributed by atoms with Gasteiger partial charge in [0.2, 0.25) is 0 Å². The maximum atomic E-state index is 12.1. The molecule has 0 bridgehead atoms. The molecule has 3 aromatic rings. The SMILES string of the molecule is CCCCCCCCOc1ccc([S+](c2ccccc2)c2ccc(OCCCCCCCC)cc2)cc1.O=C([O-])C(F)(F)C(F)(F)C(F)(F)C(F)(F)F. The number of alkyl halides is 9. The number of hydrogen-bond donors (Lipinski definition) is 0. The summed E-state index contributed by atoms with van der Waals surface area (Å²) in [7, 11) is -0.167. The first-order valence-corrected chi connectivity index (χ1v) is 18.9. The van der Waals surface area contributed by atoms with E-state index in [0.717, 1.165) is 37.6 Å². The fourth-order valence-corrected chi connectivity index (χ4v) is 7.02. The number of unbranched alkanes of at least 4 members (excludes halogenated alkanes) is 10. The number of ether oxygens (including phenoxy) is 2. The van der Waals surface area contributed by atoms with Crippen LogP contribution in [0.3, 0.4) is 0 Å². The van der Waals surface area contributed by atoms with Gasteiger partial charge in [0, 0.05) is 0 Å². The highest BCUT2D eigenvalue weighted by atomic mass is 32.2. The van der Waals surface area contributed by atoms with Crippen LogP contribution in [0.25, 0.3) is 0 Å². The van der Waals surface area contributed by atoms with E-state index >= 15 is 0 Å². The Balaban J connectivity index is 0.000000512. The molecule has 0 atom stereocenters. The first kappa shape index (κ1) is 45.6. The van der Waals surface area contributed by atoms with Crippen molar-refractivity contribution >= 4 is 16.9 Å². The molecule has 0 aliphatic heterocycles. The van der Waals surface area contributed by atoms with Crippen molar-refractivity contribution < 1.29 is 58.9 Å². The number of carbonyl (C=O) groups is 1. The molecule has 0 heterocycles. The van der Waals surface area contributed by atoms with E-state index in [1.54, 1.807) is 0 Å². The van der Waals surface area contributed by atoms with Crippen LogP contribution in [0.5, 0.6) is 11.5 Å². The van der Waals surface area contributed by atoms with E-state index in [9.17, 15) is 49.4 Å². The van der Waals surface area contributed by atoms with Crippen LogP contribution in [0.4, 0.5) is 39.5 Å². The number of carboxylic acids is 1. The molecule has 0 unspecified atom stereocenters. The predicted octanol–water partition coefficient (Wildman–Crippen LogP) is 11.5. The highest BCUT2D eigenvalue weighted by Gasteiger charge is 2.82. The Morgan fingerprint density at radius 3 is 1.25 bits per heavy atom. The molecule has 296 valence electrons. The van der Waals surface area contributed by atoms with Crippen LogP contribution in [0.1, 0.15) is 90.9 Å². The minimum atomic E-state index is -7.20. The van der Waals surface area contributed by atoms with Crippen LogP contribution in [0.2, 0.25) is 0 Å². The van der Waals surface area contributed by atoms with Gasteiger partial charge in [0.25, 0.3) is 0 Å². The van der Waals surface area contributed by atoms with Gasteiger partial charge in [-0.25, -0.2) is 0 Å². The number of hydrogen-bond acceptors (Lipinski definition) is 4. The summed E-state index contributed by atoms with van der Waals surface area (Å²) < 4.78 is 118. The predicted molar refractivity (Wildman–Crippen MR) is 185 cm³/mol. The highest BCUT2D eigenvalue weighted by Crippen LogP contribution is 2.52. The zero-order chi connectivity index (χ0) is 39.5. The summed E-state index contributed by atoms with van der Waals surface area (Å²) in [6.07, 6.45) is 8.37. The quantitative estimate of drug-likeness (QED) is 0.0579. The average Bonchev–Trinajstić information content (AvgIpc) is 3.12. The van der Waals surface area contributed by atoms with Crippen molar-refractivity contribution in [1.29, 1.82) is 0 Å². The molecule has 4 nitrogen and oxygen atoms in total. The molecule has 0 radical (unpaired) electrons. The average molecular weight is 783 g/mol.